The minimum absolute atomic E-state index is 0.540. The maximum Gasteiger partial charge on any atom is -0.00336 e. The van der Waals surface area contributed by atoms with Crippen LogP contribution in [0.1, 0.15) is 88.2 Å². The summed E-state index contributed by atoms with van der Waals surface area (Å²) in [5, 5.41) is 0. The van der Waals surface area contributed by atoms with Crippen molar-refractivity contribution in [2.24, 2.45) is 40.4 Å². The molecule has 0 aromatic heterocycles. The van der Waals surface area contributed by atoms with Crippen molar-refractivity contribution < 1.29 is 0 Å². The molecule has 0 saturated heterocycles. The molecule has 0 heterocycles. The molecule has 0 amide bonds. The zero-order valence-electron chi connectivity index (χ0n) is 17.2. The highest BCUT2D eigenvalue weighted by Crippen LogP contribution is 2.77. The van der Waals surface area contributed by atoms with Crippen molar-refractivity contribution in [1.29, 1.82) is 0 Å². The van der Waals surface area contributed by atoms with Crippen LogP contribution in [0.3, 0.4) is 0 Å². The summed E-state index contributed by atoms with van der Waals surface area (Å²) < 4.78 is 0. The first-order valence-electron chi connectivity index (χ1n) is 12.1. The molecule has 9 rings (SSSR count). The number of hydrogen-bond donors (Lipinski definition) is 0. The predicted molar refractivity (Wildman–Crippen MR) is 111 cm³/mol. The summed E-state index contributed by atoms with van der Waals surface area (Å²) in [6.45, 7) is 2.39. The van der Waals surface area contributed by atoms with E-state index in [9.17, 15) is 0 Å². The van der Waals surface area contributed by atoms with Crippen LogP contribution in [0.15, 0.2) is 24.3 Å². The third-order valence-electron chi connectivity index (χ3n) is 10.9. The van der Waals surface area contributed by atoms with E-state index < -0.39 is 0 Å². The number of hydrogen-bond acceptors (Lipinski definition) is 0. The van der Waals surface area contributed by atoms with Gasteiger partial charge in [0.05, 0.1) is 0 Å². The van der Waals surface area contributed by atoms with Gasteiger partial charge in [-0.3, -0.25) is 0 Å². The van der Waals surface area contributed by atoms with Crippen LogP contribution in [0, 0.1) is 47.3 Å². The second-order valence-corrected chi connectivity index (χ2v) is 12.5. The van der Waals surface area contributed by atoms with Gasteiger partial charge in [-0.25, -0.2) is 0 Å². The highest BCUT2D eigenvalue weighted by atomic mass is 14.7. The minimum atomic E-state index is 0.540. The predicted octanol–water partition coefficient (Wildman–Crippen LogP) is 7.05. The SMILES string of the molecule is Cc1ccccc1C12CC3CC(C1)CC(C14CC5CC(CC(C5)C1)C4)(C3)C2. The molecule has 8 fully saturated rings. The lowest BCUT2D eigenvalue weighted by Gasteiger charge is -2.72. The molecule has 8 aliphatic rings. The third-order valence-corrected chi connectivity index (χ3v) is 10.9. The lowest BCUT2D eigenvalue weighted by atomic mass is 9.32. The second kappa shape index (κ2) is 5.03. The zero-order valence-corrected chi connectivity index (χ0v) is 17.2. The number of benzene rings is 1. The van der Waals surface area contributed by atoms with Crippen molar-refractivity contribution >= 4 is 0 Å². The fourth-order valence-corrected chi connectivity index (χ4v) is 11.1. The van der Waals surface area contributed by atoms with Crippen molar-refractivity contribution in [3.05, 3.63) is 35.4 Å². The van der Waals surface area contributed by atoms with E-state index in [1.165, 1.54) is 12.8 Å². The van der Waals surface area contributed by atoms with Crippen LogP contribution in [0.25, 0.3) is 0 Å². The van der Waals surface area contributed by atoms with E-state index in [4.69, 9.17) is 0 Å². The first-order chi connectivity index (χ1) is 13.1. The van der Waals surface area contributed by atoms with Crippen LogP contribution in [-0.4, -0.2) is 0 Å². The van der Waals surface area contributed by atoms with Crippen LogP contribution >= 0.6 is 0 Å². The molecule has 8 bridgehead atoms. The molecule has 144 valence electrons. The summed E-state index contributed by atoms with van der Waals surface area (Å²) in [5.41, 5.74) is 5.36. The van der Waals surface area contributed by atoms with E-state index in [-0.39, 0.29) is 0 Å². The van der Waals surface area contributed by atoms with Gasteiger partial charge in [-0.1, -0.05) is 24.3 Å². The molecule has 0 aliphatic heterocycles. The van der Waals surface area contributed by atoms with Gasteiger partial charge in [-0.2, -0.15) is 0 Å². The fourth-order valence-electron chi connectivity index (χ4n) is 11.1. The fraction of sp³-hybridized carbons (Fsp3) is 0.778. The average Bonchev–Trinajstić information content (AvgIpc) is 2.59. The standard InChI is InChI=1S/C27H36/c1-18-4-2-3-5-24(18)25-10-22-9-23(11-25)16-27(15-22,17-25)26-12-19-6-20(13-26)8-21(7-19)14-26/h2-5,19-23H,6-17H2,1H3. The first kappa shape index (κ1) is 16.1. The molecule has 0 radical (unpaired) electrons. The molecule has 2 unspecified atom stereocenters. The number of aryl methyl sites for hydroxylation is 1. The molecule has 8 saturated carbocycles. The van der Waals surface area contributed by atoms with E-state index >= 15 is 0 Å². The van der Waals surface area contributed by atoms with Gasteiger partial charge in [0.1, 0.15) is 0 Å². The summed E-state index contributed by atoms with van der Waals surface area (Å²) in [7, 11) is 0. The maximum atomic E-state index is 2.52. The monoisotopic (exact) mass is 360 g/mol. The molecule has 0 spiro atoms. The van der Waals surface area contributed by atoms with Gasteiger partial charge in [0, 0.05) is 0 Å². The smallest absolute Gasteiger partial charge is 0.00336 e. The lowest BCUT2D eigenvalue weighted by molar-refractivity contribution is -0.206. The van der Waals surface area contributed by atoms with Crippen LogP contribution in [0.4, 0.5) is 0 Å². The van der Waals surface area contributed by atoms with Gasteiger partial charge in [0.2, 0.25) is 0 Å². The van der Waals surface area contributed by atoms with E-state index in [1.807, 2.05) is 0 Å². The van der Waals surface area contributed by atoms with Crippen LogP contribution < -0.4 is 0 Å². The molecule has 0 N–H and O–H groups in total. The molecular formula is C27H36. The highest BCUT2D eigenvalue weighted by Gasteiger charge is 2.67. The molecule has 8 aliphatic carbocycles. The lowest BCUT2D eigenvalue weighted by Crippen LogP contribution is -2.63. The van der Waals surface area contributed by atoms with E-state index in [0.29, 0.717) is 5.41 Å². The van der Waals surface area contributed by atoms with Crippen molar-refractivity contribution in [1.82, 2.24) is 0 Å². The Bertz CT molecular complexity index is 736. The van der Waals surface area contributed by atoms with Crippen LogP contribution in [-0.2, 0) is 5.41 Å². The number of rotatable bonds is 2. The third kappa shape index (κ3) is 2.01. The minimum Gasteiger partial charge on any atom is -0.0620 e. The average molecular weight is 361 g/mol. The van der Waals surface area contributed by atoms with Crippen LogP contribution in [0.2, 0.25) is 0 Å². The second-order valence-electron chi connectivity index (χ2n) is 12.5. The Morgan fingerprint density at radius 3 is 1.74 bits per heavy atom. The van der Waals surface area contributed by atoms with Crippen LogP contribution in [0.5, 0.6) is 0 Å². The van der Waals surface area contributed by atoms with Gasteiger partial charge < -0.3 is 0 Å². The van der Waals surface area contributed by atoms with E-state index in [2.05, 4.69) is 31.2 Å². The molecule has 2 atom stereocenters. The van der Waals surface area contributed by atoms with Gasteiger partial charge in [-0.05, 0) is 141 Å². The van der Waals surface area contributed by atoms with Crippen molar-refractivity contribution in [3.8, 4) is 0 Å². The maximum absolute atomic E-state index is 2.52. The molecule has 0 nitrogen and oxygen atoms in total. The Kier molecular flexibility index (Phi) is 2.99. The van der Waals surface area contributed by atoms with Crippen molar-refractivity contribution in [2.45, 2.75) is 89.4 Å². The Labute approximate surface area is 165 Å². The molecule has 1 aromatic rings. The summed E-state index contributed by atoms with van der Waals surface area (Å²) in [6, 6.07) is 9.51. The summed E-state index contributed by atoms with van der Waals surface area (Å²) in [4.78, 5) is 0. The van der Waals surface area contributed by atoms with E-state index in [0.717, 1.165) is 40.4 Å². The van der Waals surface area contributed by atoms with Gasteiger partial charge in [0.15, 0.2) is 0 Å². The normalized spacial score (nSPS) is 54.6. The van der Waals surface area contributed by atoms with Gasteiger partial charge >= 0.3 is 0 Å². The van der Waals surface area contributed by atoms with Gasteiger partial charge in [0.25, 0.3) is 0 Å². The molecule has 1 aromatic carbocycles. The Morgan fingerprint density at radius 1 is 0.630 bits per heavy atom. The largest absolute Gasteiger partial charge is 0.0620 e. The summed E-state index contributed by atoms with van der Waals surface area (Å²) >= 11 is 0. The Morgan fingerprint density at radius 2 is 1.15 bits per heavy atom. The first-order valence-corrected chi connectivity index (χ1v) is 12.1. The Hall–Kier alpha value is -0.780. The Balaban J connectivity index is 1.35. The van der Waals surface area contributed by atoms with E-state index in [1.54, 1.807) is 75.3 Å². The quantitative estimate of drug-likeness (QED) is 0.530. The topological polar surface area (TPSA) is 0 Å². The molecule has 0 heteroatoms. The van der Waals surface area contributed by atoms with Crippen molar-refractivity contribution in [2.75, 3.05) is 0 Å². The highest BCUT2D eigenvalue weighted by molar-refractivity contribution is 5.37. The van der Waals surface area contributed by atoms with Crippen molar-refractivity contribution in [3.63, 3.8) is 0 Å². The zero-order chi connectivity index (χ0) is 17.9. The molecular weight excluding hydrogens is 324 g/mol. The summed E-state index contributed by atoms with van der Waals surface area (Å²) in [5.74, 6) is 5.41. The van der Waals surface area contributed by atoms with Gasteiger partial charge in [-0.15, -0.1) is 0 Å². The summed E-state index contributed by atoms with van der Waals surface area (Å²) in [6.07, 6.45) is 19.1. The molecule has 27 heavy (non-hydrogen) atoms.